The summed E-state index contributed by atoms with van der Waals surface area (Å²) in [7, 11) is 1.31. The van der Waals surface area contributed by atoms with E-state index in [0.717, 1.165) is 0 Å². The van der Waals surface area contributed by atoms with Gasteiger partial charge < -0.3 is 17.4 Å². The number of nitrogens with zero attached hydrogens (tertiary/aromatic N) is 1. The highest BCUT2D eigenvalue weighted by molar-refractivity contribution is 7.58. The molecule has 0 unspecified atom stereocenters. The monoisotopic (exact) mass is 168 g/mol. The zero-order valence-electron chi connectivity index (χ0n) is 5.90. The van der Waals surface area contributed by atoms with Gasteiger partial charge in [-0.15, -0.1) is 0 Å². The van der Waals surface area contributed by atoms with Crippen LogP contribution in [0, 0.1) is 0 Å². The number of rotatable bonds is 1. The summed E-state index contributed by atoms with van der Waals surface area (Å²) in [4.78, 5) is 14.7. The third-order valence-electron chi connectivity index (χ3n) is 1.18. The van der Waals surface area contributed by atoms with Crippen LogP contribution < -0.4 is 0 Å². The Labute approximate surface area is 69.8 Å². The molecule has 4 heteroatoms. The normalized spacial score (nSPS) is 9.18. The van der Waals surface area contributed by atoms with Crippen LogP contribution in [0.3, 0.4) is 0 Å². The van der Waals surface area contributed by atoms with E-state index in [1.165, 1.54) is 13.3 Å². The molecular formula is C7H6NO2S-. The van der Waals surface area contributed by atoms with Crippen molar-refractivity contribution in [1.82, 2.24) is 4.98 Å². The Bertz CT molecular complexity index is 275. The van der Waals surface area contributed by atoms with Gasteiger partial charge in [0, 0.05) is 6.20 Å². The molecule has 0 radical (unpaired) electrons. The average Bonchev–Trinajstić information content (AvgIpc) is 2.04. The first-order chi connectivity index (χ1) is 5.25. The maximum absolute atomic E-state index is 10.9. The molecule has 0 atom stereocenters. The SMILES string of the molecule is COC(=O)c1cccnc1[S-]. The highest BCUT2D eigenvalue weighted by Crippen LogP contribution is 2.04. The topological polar surface area (TPSA) is 39.2 Å². The van der Waals surface area contributed by atoms with Gasteiger partial charge in [0.1, 0.15) is 0 Å². The van der Waals surface area contributed by atoms with Crippen LogP contribution in [0.4, 0.5) is 0 Å². The molecule has 58 valence electrons. The Hall–Kier alpha value is -1.16. The maximum Gasteiger partial charge on any atom is 0.337 e. The van der Waals surface area contributed by atoms with E-state index < -0.39 is 5.97 Å². The number of methoxy groups -OCH3 is 1. The van der Waals surface area contributed by atoms with Crippen molar-refractivity contribution in [3.8, 4) is 0 Å². The van der Waals surface area contributed by atoms with Crippen molar-refractivity contribution >= 4 is 18.6 Å². The molecule has 11 heavy (non-hydrogen) atoms. The zero-order chi connectivity index (χ0) is 8.27. The van der Waals surface area contributed by atoms with E-state index in [2.05, 4.69) is 9.72 Å². The third kappa shape index (κ3) is 1.65. The molecular weight excluding hydrogens is 162 g/mol. The molecule has 0 amide bonds. The van der Waals surface area contributed by atoms with Crippen LogP contribution >= 0.6 is 0 Å². The second-order valence-electron chi connectivity index (χ2n) is 1.85. The number of carbonyl (C=O) groups is 1. The highest BCUT2D eigenvalue weighted by atomic mass is 32.1. The number of esters is 1. The lowest BCUT2D eigenvalue weighted by molar-refractivity contribution is 0.0596. The van der Waals surface area contributed by atoms with Crippen molar-refractivity contribution < 1.29 is 9.53 Å². The molecule has 1 heterocycles. The van der Waals surface area contributed by atoms with Gasteiger partial charge in [0.15, 0.2) is 0 Å². The van der Waals surface area contributed by atoms with E-state index in [1.54, 1.807) is 12.1 Å². The number of hydrogen-bond donors (Lipinski definition) is 0. The summed E-state index contributed by atoms with van der Waals surface area (Å²) in [6.45, 7) is 0. The summed E-state index contributed by atoms with van der Waals surface area (Å²) in [5.41, 5.74) is 0.338. The molecule has 0 aliphatic heterocycles. The first-order valence-electron chi connectivity index (χ1n) is 2.96. The largest absolute Gasteiger partial charge is 0.759 e. The summed E-state index contributed by atoms with van der Waals surface area (Å²) in [6, 6.07) is 3.23. The van der Waals surface area contributed by atoms with Gasteiger partial charge in [-0.1, -0.05) is 5.03 Å². The highest BCUT2D eigenvalue weighted by Gasteiger charge is 2.03. The molecule has 0 saturated heterocycles. The zero-order valence-corrected chi connectivity index (χ0v) is 6.72. The van der Waals surface area contributed by atoms with E-state index in [1.807, 2.05) is 0 Å². The van der Waals surface area contributed by atoms with Gasteiger partial charge in [-0.2, -0.15) is 0 Å². The fourth-order valence-corrected chi connectivity index (χ4v) is 0.868. The Kier molecular flexibility index (Phi) is 2.38. The van der Waals surface area contributed by atoms with Gasteiger partial charge in [0.25, 0.3) is 0 Å². The molecule has 0 aliphatic rings. The van der Waals surface area contributed by atoms with Gasteiger partial charge in [-0.25, -0.2) is 4.79 Å². The van der Waals surface area contributed by atoms with E-state index in [0.29, 0.717) is 5.56 Å². The van der Waals surface area contributed by atoms with Gasteiger partial charge in [-0.05, 0) is 12.1 Å². The molecule has 0 aliphatic carbocycles. The molecule has 1 aromatic rings. The quantitative estimate of drug-likeness (QED) is 0.458. The second-order valence-corrected chi connectivity index (χ2v) is 2.23. The second kappa shape index (κ2) is 3.30. The molecule has 0 N–H and O–H groups in total. The van der Waals surface area contributed by atoms with Crippen LogP contribution in [0.15, 0.2) is 23.4 Å². The van der Waals surface area contributed by atoms with Crippen molar-refractivity contribution in [1.29, 1.82) is 0 Å². The number of pyridine rings is 1. The van der Waals surface area contributed by atoms with Gasteiger partial charge in [0.2, 0.25) is 0 Å². The molecule has 0 spiro atoms. The molecule has 3 nitrogen and oxygen atoms in total. The van der Waals surface area contributed by atoms with Crippen molar-refractivity contribution in [2.45, 2.75) is 5.03 Å². The van der Waals surface area contributed by atoms with Crippen LogP contribution in [-0.4, -0.2) is 18.1 Å². The average molecular weight is 168 g/mol. The summed E-state index contributed by atoms with van der Waals surface area (Å²) in [5.74, 6) is -0.442. The Balaban J connectivity index is 3.03. The predicted octanol–water partition coefficient (Wildman–Crippen LogP) is 0.774. The summed E-state index contributed by atoms with van der Waals surface area (Å²) < 4.78 is 4.47. The van der Waals surface area contributed by atoms with Crippen LogP contribution in [0.25, 0.3) is 0 Å². The number of hydrogen-bond acceptors (Lipinski definition) is 4. The lowest BCUT2D eigenvalue weighted by Crippen LogP contribution is -2.03. The van der Waals surface area contributed by atoms with Crippen molar-refractivity contribution in [2.24, 2.45) is 0 Å². The molecule has 1 aromatic heterocycles. The van der Waals surface area contributed by atoms with Crippen LogP contribution in [-0.2, 0) is 17.4 Å². The van der Waals surface area contributed by atoms with E-state index in [4.69, 9.17) is 12.6 Å². The van der Waals surface area contributed by atoms with Crippen LogP contribution in [0.1, 0.15) is 10.4 Å². The first-order valence-corrected chi connectivity index (χ1v) is 3.37. The number of carbonyl (C=O) groups excluding carboxylic acids is 1. The minimum absolute atomic E-state index is 0.277. The summed E-state index contributed by atoms with van der Waals surface area (Å²) >= 11 is 4.78. The fourth-order valence-electron chi connectivity index (χ4n) is 0.656. The number of aromatic nitrogens is 1. The standard InChI is InChI=1S/C7H7NO2S/c1-10-7(9)5-3-2-4-8-6(5)11/h2-4H,1H3,(H,8,11)/p-1. The lowest BCUT2D eigenvalue weighted by Gasteiger charge is -2.08. The summed E-state index contributed by atoms with van der Waals surface area (Å²) in [6.07, 6.45) is 1.54. The summed E-state index contributed by atoms with van der Waals surface area (Å²) in [5, 5.41) is 0.277. The Morgan fingerprint density at radius 2 is 2.45 bits per heavy atom. The van der Waals surface area contributed by atoms with Crippen LogP contribution in [0.5, 0.6) is 0 Å². The van der Waals surface area contributed by atoms with E-state index >= 15 is 0 Å². The molecule has 0 bridgehead atoms. The van der Waals surface area contributed by atoms with Gasteiger partial charge in [-0.3, -0.25) is 4.98 Å². The van der Waals surface area contributed by atoms with E-state index in [9.17, 15) is 4.79 Å². The van der Waals surface area contributed by atoms with Crippen LogP contribution in [0.2, 0.25) is 0 Å². The Morgan fingerprint density at radius 1 is 1.73 bits per heavy atom. The molecule has 0 fully saturated rings. The van der Waals surface area contributed by atoms with Crippen molar-refractivity contribution in [3.05, 3.63) is 23.9 Å². The van der Waals surface area contributed by atoms with Crippen molar-refractivity contribution in [3.63, 3.8) is 0 Å². The third-order valence-corrected chi connectivity index (χ3v) is 1.50. The fraction of sp³-hybridized carbons (Fsp3) is 0.143. The maximum atomic E-state index is 10.9. The number of ether oxygens (including phenoxy) is 1. The lowest BCUT2D eigenvalue weighted by atomic mass is 10.3. The van der Waals surface area contributed by atoms with Crippen molar-refractivity contribution in [2.75, 3.05) is 7.11 Å². The smallest absolute Gasteiger partial charge is 0.337 e. The van der Waals surface area contributed by atoms with Gasteiger partial charge >= 0.3 is 5.97 Å². The molecule has 0 aromatic carbocycles. The molecule has 0 saturated carbocycles. The minimum Gasteiger partial charge on any atom is -0.759 e. The van der Waals surface area contributed by atoms with Gasteiger partial charge in [0.05, 0.1) is 12.7 Å². The first kappa shape index (κ1) is 7.94. The predicted molar refractivity (Wildman–Crippen MR) is 41.2 cm³/mol. The minimum atomic E-state index is -0.442. The van der Waals surface area contributed by atoms with E-state index in [-0.39, 0.29) is 5.03 Å². The Morgan fingerprint density at radius 3 is 3.00 bits per heavy atom. The molecule has 1 rings (SSSR count).